The molecule has 7 heteroatoms. The molecule has 3 rings (SSSR count). The van der Waals surface area contributed by atoms with Gasteiger partial charge in [0.2, 0.25) is 0 Å². The van der Waals surface area contributed by atoms with E-state index in [0.717, 1.165) is 5.56 Å². The number of ether oxygens (including phenoxy) is 4. The van der Waals surface area contributed by atoms with E-state index in [0.29, 0.717) is 5.75 Å². The normalized spacial score (nSPS) is 39.6. The average molecular weight is 298 g/mol. The van der Waals surface area contributed by atoms with Crippen molar-refractivity contribution in [3.63, 3.8) is 0 Å². The molecule has 7 nitrogen and oxygen atoms in total. The fourth-order valence-electron chi connectivity index (χ4n) is 2.52. The molecule has 2 saturated heterocycles. The van der Waals surface area contributed by atoms with E-state index in [9.17, 15) is 15.3 Å². The lowest BCUT2D eigenvalue weighted by Gasteiger charge is -2.45. The van der Waals surface area contributed by atoms with Gasteiger partial charge in [-0.05, 0) is 12.1 Å². The third-order valence-corrected chi connectivity index (χ3v) is 3.74. The number of aliphatic hydroxyl groups is 3. The number of rotatable bonds is 2. The molecule has 2 aliphatic heterocycles. The Labute approximate surface area is 121 Å². The molecular formula is C14H18O7. The highest BCUT2D eigenvalue weighted by atomic mass is 16.7. The first-order chi connectivity index (χ1) is 10.1. The summed E-state index contributed by atoms with van der Waals surface area (Å²) in [5, 5.41) is 29.1. The van der Waals surface area contributed by atoms with Gasteiger partial charge in [0.1, 0.15) is 30.2 Å². The maximum atomic E-state index is 10.00. The van der Waals surface area contributed by atoms with Gasteiger partial charge in [0.05, 0.1) is 13.7 Å². The van der Waals surface area contributed by atoms with Gasteiger partial charge in [-0.15, -0.1) is 0 Å². The van der Waals surface area contributed by atoms with Crippen molar-refractivity contribution in [2.75, 3.05) is 13.7 Å². The van der Waals surface area contributed by atoms with Gasteiger partial charge in [-0.25, -0.2) is 0 Å². The second-order valence-corrected chi connectivity index (χ2v) is 5.09. The predicted octanol–water partition coefficient (Wildman–Crippen LogP) is -0.452. The highest BCUT2D eigenvalue weighted by Crippen LogP contribution is 2.33. The minimum absolute atomic E-state index is 0.155. The zero-order valence-electron chi connectivity index (χ0n) is 11.5. The van der Waals surface area contributed by atoms with Crippen molar-refractivity contribution in [1.82, 2.24) is 0 Å². The van der Waals surface area contributed by atoms with Crippen LogP contribution in [0.25, 0.3) is 0 Å². The second kappa shape index (κ2) is 5.88. The smallest absolute Gasteiger partial charge is 0.184 e. The maximum Gasteiger partial charge on any atom is 0.184 e. The molecule has 0 aromatic heterocycles. The van der Waals surface area contributed by atoms with E-state index in [1.807, 2.05) is 0 Å². The van der Waals surface area contributed by atoms with Crippen molar-refractivity contribution in [2.24, 2.45) is 0 Å². The van der Waals surface area contributed by atoms with Crippen molar-refractivity contribution >= 4 is 0 Å². The van der Waals surface area contributed by atoms with Crippen molar-refractivity contribution in [1.29, 1.82) is 0 Å². The fraction of sp³-hybridized carbons (Fsp3) is 0.571. The Morgan fingerprint density at radius 2 is 1.76 bits per heavy atom. The SMILES string of the molecule is COc1ccc([C@@H]2OC[C@H]3OC(O)[C@H](O)[C@@H](O)[C@@H]3O2)cc1. The van der Waals surface area contributed by atoms with Gasteiger partial charge in [0.25, 0.3) is 0 Å². The first kappa shape index (κ1) is 14.7. The summed E-state index contributed by atoms with van der Waals surface area (Å²) in [4.78, 5) is 0. The zero-order chi connectivity index (χ0) is 15.0. The molecular weight excluding hydrogens is 280 g/mol. The van der Waals surface area contributed by atoms with Gasteiger partial charge in [0.15, 0.2) is 12.6 Å². The summed E-state index contributed by atoms with van der Waals surface area (Å²) in [6.07, 6.45) is -6.12. The van der Waals surface area contributed by atoms with Crippen LogP contribution in [0.4, 0.5) is 0 Å². The first-order valence-corrected chi connectivity index (χ1v) is 6.71. The molecule has 6 atom stereocenters. The van der Waals surface area contributed by atoms with Gasteiger partial charge >= 0.3 is 0 Å². The Morgan fingerprint density at radius 1 is 1.05 bits per heavy atom. The van der Waals surface area contributed by atoms with Crippen molar-refractivity contribution in [3.8, 4) is 5.75 Å². The van der Waals surface area contributed by atoms with Crippen LogP contribution >= 0.6 is 0 Å². The third kappa shape index (κ3) is 2.76. The molecule has 0 saturated carbocycles. The Balaban J connectivity index is 1.73. The van der Waals surface area contributed by atoms with Crippen LogP contribution in [-0.4, -0.2) is 59.7 Å². The summed E-state index contributed by atoms with van der Waals surface area (Å²) in [5.41, 5.74) is 0.766. The molecule has 21 heavy (non-hydrogen) atoms. The maximum absolute atomic E-state index is 10.00. The summed E-state index contributed by atoms with van der Waals surface area (Å²) < 4.78 is 21.5. The molecule has 1 aromatic rings. The minimum Gasteiger partial charge on any atom is -0.497 e. The molecule has 116 valence electrons. The van der Waals surface area contributed by atoms with Crippen LogP contribution in [0.2, 0.25) is 0 Å². The number of fused-ring (bicyclic) bond motifs is 1. The monoisotopic (exact) mass is 298 g/mol. The van der Waals surface area contributed by atoms with Gasteiger partial charge < -0.3 is 34.3 Å². The molecule has 2 heterocycles. The number of hydrogen-bond acceptors (Lipinski definition) is 7. The molecule has 0 amide bonds. The van der Waals surface area contributed by atoms with E-state index < -0.39 is 37.0 Å². The van der Waals surface area contributed by atoms with Crippen LogP contribution in [-0.2, 0) is 14.2 Å². The van der Waals surface area contributed by atoms with Gasteiger partial charge in [-0.1, -0.05) is 12.1 Å². The minimum atomic E-state index is -1.44. The summed E-state index contributed by atoms with van der Waals surface area (Å²) in [6.45, 7) is 0.155. The van der Waals surface area contributed by atoms with Crippen molar-refractivity contribution in [2.45, 2.75) is 37.0 Å². The Morgan fingerprint density at radius 3 is 2.43 bits per heavy atom. The van der Waals surface area contributed by atoms with Crippen LogP contribution in [0.3, 0.4) is 0 Å². The van der Waals surface area contributed by atoms with E-state index in [1.165, 1.54) is 0 Å². The molecule has 3 N–H and O–H groups in total. The lowest BCUT2D eigenvalue weighted by molar-refractivity contribution is -0.354. The van der Waals surface area contributed by atoms with Crippen LogP contribution in [0.1, 0.15) is 11.9 Å². The van der Waals surface area contributed by atoms with Crippen molar-refractivity contribution < 1.29 is 34.3 Å². The van der Waals surface area contributed by atoms with Crippen LogP contribution in [0, 0.1) is 0 Å². The van der Waals surface area contributed by atoms with E-state index in [2.05, 4.69) is 0 Å². The quantitative estimate of drug-likeness (QED) is 0.680. The number of hydrogen-bond donors (Lipinski definition) is 3. The molecule has 0 aliphatic carbocycles. The Bertz CT molecular complexity index is 475. The number of methoxy groups -OCH3 is 1. The summed E-state index contributed by atoms with van der Waals surface area (Å²) in [5.74, 6) is 0.715. The lowest BCUT2D eigenvalue weighted by atomic mass is 9.98. The summed E-state index contributed by atoms with van der Waals surface area (Å²) >= 11 is 0. The molecule has 0 radical (unpaired) electrons. The van der Waals surface area contributed by atoms with E-state index >= 15 is 0 Å². The highest BCUT2D eigenvalue weighted by molar-refractivity contribution is 5.28. The Hall–Kier alpha value is -1.22. The molecule has 1 unspecified atom stereocenters. The van der Waals surface area contributed by atoms with Gasteiger partial charge in [-0.3, -0.25) is 0 Å². The molecule has 0 spiro atoms. The molecule has 2 aliphatic rings. The largest absolute Gasteiger partial charge is 0.497 e. The first-order valence-electron chi connectivity index (χ1n) is 6.71. The predicted molar refractivity (Wildman–Crippen MR) is 69.5 cm³/mol. The van der Waals surface area contributed by atoms with E-state index in [1.54, 1.807) is 31.4 Å². The fourth-order valence-corrected chi connectivity index (χ4v) is 2.52. The number of aliphatic hydroxyl groups excluding tert-OH is 3. The molecule has 1 aromatic carbocycles. The molecule has 2 fully saturated rings. The molecule has 0 bridgehead atoms. The van der Waals surface area contributed by atoms with Gasteiger partial charge in [0, 0.05) is 5.56 Å². The highest BCUT2D eigenvalue weighted by Gasteiger charge is 2.48. The topological polar surface area (TPSA) is 97.6 Å². The second-order valence-electron chi connectivity index (χ2n) is 5.09. The third-order valence-electron chi connectivity index (χ3n) is 3.74. The van der Waals surface area contributed by atoms with Gasteiger partial charge in [-0.2, -0.15) is 0 Å². The Kier molecular flexibility index (Phi) is 4.12. The van der Waals surface area contributed by atoms with Crippen LogP contribution in [0.5, 0.6) is 5.75 Å². The van der Waals surface area contributed by atoms with Crippen LogP contribution in [0.15, 0.2) is 24.3 Å². The summed E-state index contributed by atoms with van der Waals surface area (Å²) in [7, 11) is 1.58. The average Bonchev–Trinajstić information content (AvgIpc) is 2.53. The van der Waals surface area contributed by atoms with Crippen molar-refractivity contribution in [3.05, 3.63) is 29.8 Å². The standard InChI is InChI=1S/C14H18O7/c1-18-8-4-2-7(3-5-8)14-19-6-9-12(21-14)10(15)11(16)13(17)20-9/h2-5,9-17H,6H2,1H3/t9-,10-,11-,12-,13?,14-/m1/s1. The van der Waals surface area contributed by atoms with E-state index in [4.69, 9.17) is 18.9 Å². The summed E-state index contributed by atoms with van der Waals surface area (Å²) in [6, 6.07) is 7.15. The lowest BCUT2D eigenvalue weighted by Crippen LogP contribution is -2.61. The number of benzene rings is 1. The van der Waals surface area contributed by atoms with Crippen LogP contribution < -0.4 is 4.74 Å². The van der Waals surface area contributed by atoms with E-state index in [-0.39, 0.29) is 6.61 Å². The zero-order valence-corrected chi connectivity index (χ0v) is 11.5.